The smallest absolute Gasteiger partial charge is 0.276 e. The first-order valence-electron chi connectivity index (χ1n) is 5.98. The maximum atomic E-state index is 10.8. The second-order valence-corrected chi connectivity index (χ2v) is 4.57. The lowest BCUT2D eigenvalue weighted by Crippen LogP contribution is -2.06. The molecule has 0 fully saturated rings. The van der Waals surface area contributed by atoms with Gasteiger partial charge in [-0.05, 0) is 12.1 Å². The van der Waals surface area contributed by atoms with Gasteiger partial charge in [-0.25, -0.2) is 4.98 Å². The van der Waals surface area contributed by atoms with Crippen LogP contribution in [-0.4, -0.2) is 17.0 Å². The van der Waals surface area contributed by atoms with Crippen LogP contribution >= 0.6 is 11.6 Å². The zero-order valence-corrected chi connectivity index (χ0v) is 11.9. The minimum absolute atomic E-state index is 0.0674. The average molecular weight is 309 g/mol. The zero-order valence-electron chi connectivity index (χ0n) is 11.2. The molecule has 0 bridgehead atoms. The van der Waals surface area contributed by atoms with Crippen LogP contribution in [0.4, 0.5) is 17.3 Å². The topological polar surface area (TPSA) is 103 Å². The van der Waals surface area contributed by atoms with E-state index in [1.165, 1.54) is 12.1 Å². The van der Waals surface area contributed by atoms with Gasteiger partial charge in [0.15, 0.2) is 0 Å². The molecular weight excluding hydrogens is 296 g/mol. The fourth-order valence-corrected chi connectivity index (χ4v) is 2.05. The van der Waals surface area contributed by atoms with Gasteiger partial charge in [-0.3, -0.25) is 10.1 Å². The third-order valence-electron chi connectivity index (χ3n) is 2.78. The number of nitro groups is 1. The summed E-state index contributed by atoms with van der Waals surface area (Å²) in [4.78, 5) is 14.3. The largest absolute Gasteiger partial charge is 0.496 e. The first kappa shape index (κ1) is 14.9. The average Bonchev–Trinajstić information content (AvgIpc) is 2.45. The number of pyridine rings is 1. The van der Waals surface area contributed by atoms with Crippen molar-refractivity contribution in [3.05, 3.63) is 51.0 Å². The highest BCUT2D eigenvalue weighted by atomic mass is 35.5. The minimum atomic E-state index is -0.528. The number of anilines is 2. The molecule has 1 aromatic carbocycles. The van der Waals surface area contributed by atoms with Gasteiger partial charge >= 0.3 is 0 Å². The molecule has 7 nitrogen and oxygen atoms in total. The molecule has 0 amide bonds. The molecule has 1 aromatic heterocycles. The maximum Gasteiger partial charge on any atom is 0.276 e. The van der Waals surface area contributed by atoms with E-state index in [9.17, 15) is 10.1 Å². The number of nitrogen functional groups attached to an aromatic ring is 1. The van der Waals surface area contributed by atoms with Crippen LogP contribution in [0.5, 0.6) is 5.75 Å². The van der Waals surface area contributed by atoms with E-state index >= 15 is 0 Å². The Kier molecular flexibility index (Phi) is 4.44. The Bertz CT molecular complexity index is 678. The first-order valence-corrected chi connectivity index (χ1v) is 6.36. The predicted octanol–water partition coefficient (Wildman–Crippen LogP) is 2.85. The molecule has 1 heterocycles. The standard InChI is InChI=1S/C13H13ClN4O3/c1-21-11-4-2-3-10(14)9(11)7-16-13-6-8(18(19)20)5-12(15)17-13/h2-6H,7H2,1H3,(H3,15,16,17). The van der Waals surface area contributed by atoms with Gasteiger partial charge in [0, 0.05) is 17.1 Å². The van der Waals surface area contributed by atoms with E-state index in [4.69, 9.17) is 22.1 Å². The highest BCUT2D eigenvalue weighted by Crippen LogP contribution is 2.27. The second kappa shape index (κ2) is 6.27. The molecule has 110 valence electrons. The van der Waals surface area contributed by atoms with Crippen molar-refractivity contribution in [2.75, 3.05) is 18.2 Å². The van der Waals surface area contributed by atoms with Gasteiger partial charge in [0.1, 0.15) is 17.4 Å². The minimum Gasteiger partial charge on any atom is -0.496 e. The Labute approximate surface area is 125 Å². The van der Waals surface area contributed by atoms with Crippen LogP contribution < -0.4 is 15.8 Å². The highest BCUT2D eigenvalue weighted by molar-refractivity contribution is 6.31. The number of methoxy groups -OCH3 is 1. The van der Waals surface area contributed by atoms with E-state index in [1.807, 2.05) is 0 Å². The summed E-state index contributed by atoms with van der Waals surface area (Å²) in [5.74, 6) is 0.981. The highest BCUT2D eigenvalue weighted by Gasteiger charge is 2.11. The van der Waals surface area contributed by atoms with Crippen molar-refractivity contribution in [3.8, 4) is 5.75 Å². The van der Waals surface area contributed by atoms with Gasteiger partial charge in [0.25, 0.3) is 5.69 Å². The summed E-state index contributed by atoms with van der Waals surface area (Å²) in [5, 5.41) is 14.3. The van der Waals surface area contributed by atoms with Gasteiger partial charge in [0.2, 0.25) is 0 Å². The number of hydrogen-bond donors (Lipinski definition) is 2. The van der Waals surface area contributed by atoms with Gasteiger partial charge in [-0.15, -0.1) is 0 Å². The fourth-order valence-electron chi connectivity index (χ4n) is 1.81. The van der Waals surface area contributed by atoms with Crippen LogP contribution in [0.1, 0.15) is 5.56 Å². The SMILES string of the molecule is COc1cccc(Cl)c1CNc1cc([N+](=O)[O-])cc(N)n1. The lowest BCUT2D eigenvalue weighted by molar-refractivity contribution is -0.384. The second-order valence-electron chi connectivity index (χ2n) is 4.17. The van der Waals surface area contributed by atoms with Crippen molar-refractivity contribution >= 4 is 28.9 Å². The van der Waals surface area contributed by atoms with Crippen LogP contribution in [0.3, 0.4) is 0 Å². The summed E-state index contributed by atoms with van der Waals surface area (Å²) in [6, 6.07) is 7.78. The van der Waals surface area contributed by atoms with Crippen molar-refractivity contribution in [1.82, 2.24) is 4.98 Å². The van der Waals surface area contributed by atoms with E-state index < -0.39 is 4.92 Å². The van der Waals surface area contributed by atoms with Crippen LogP contribution in [0, 0.1) is 10.1 Å². The quantitative estimate of drug-likeness (QED) is 0.650. The zero-order chi connectivity index (χ0) is 15.4. The van der Waals surface area contributed by atoms with E-state index in [-0.39, 0.29) is 11.5 Å². The van der Waals surface area contributed by atoms with Crippen LogP contribution in [-0.2, 0) is 6.54 Å². The number of nitrogens with zero attached hydrogens (tertiary/aromatic N) is 2. The number of aromatic nitrogens is 1. The Morgan fingerprint density at radius 1 is 1.48 bits per heavy atom. The summed E-state index contributed by atoms with van der Waals surface area (Å²) < 4.78 is 5.22. The third kappa shape index (κ3) is 3.51. The summed E-state index contributed by atoms with van der Waals surface area (Å²) in [7, 11) is 1.54. The lowest BCUT2D eigenvalue weighted by Gasteiger charge is -2.12. The van der Waals surface area contributed by atoms with Crippen molar-refractivity contribution in [2.45, 2.75) is 6.54 Å². The Hall–Kier alpha value is -2.54. The number of benzene rings is 1. The van der Waals surface area contributed by atoms with Gasteiger partial charge in [-0.1, -0.05) is 17.7 Å². The van der Waals surface area contributed by atoms with E-state index in [2.05, 4.69) is 10.3 Å². The molecule has 3 N–H and O–H groups in total. The molecule has 21 heavy (non-hydrogen) atoms. The van der Waals surface area contributed by atoms with E-state index in [0.29, 0.717) is 23.1 Å². The molecule has 0 spiro atoms. The fraction of sp³-hybridized carbons (Fsp3) is 0.154. The van der Waals surface area contributed by atoms with E-state index in [1.54, 1.807) is 25.3 Å². The van der Waals surface area contributed by atoms with Crippen LogP contribution in [0.15, 0.2) is 30.3 Å². The number of hydrogen-bond acceptors (Lipinski definition) is 6. The molecule has 0 saturated carbocycles. The van der Waals surface area contributed by atoms with Crippen LogP contribution in [0.25, 0.3) is 0 Å². The van der Waals surface area contributed by atoms with Crippen molar-refractivity contribution < 1.29 is 9.66 Å². The molecule has 2 rings (SSSR count). The molecule has 0 aliphatic carbocycles. The predicted molar refractivity (Wildman–Crippen MR) is 80.6 cm³/mol. The summed E-state index contributed by atoms with van der Waals surface area (Å²) in [6.07, 6.45) is 0. The number of rotatable bonds is 5. The molecule has 0 atom stereocenters. The molecule has 2 aromatic rings. The van der Waals surface area contributed by atoms with Gasteiger partial charge in [0.05, 0.1) is 24.2 Å². The van der Waals surface area contributed by atoms with Crippen molar-refractivity contribution in [1.29, 1.82) is 0 Å². The molecule has 0 aliphatic rings. The monoisotopic (exact) mass is 308 g/mol. The Morgan fingerprint density at radius 3 is 2.90 bits per heavy atom. The summed E-state index contributed by atoms with van der Waals surface area (Å²) >= 11 is 6.11. The number of nitrogens with two attached hydrogens (primary N) is 1. The number of ether oxygens (including phenoxy) is 1. The first-order chi connectivity index (χ1) is 10.0. The van der Waals surface area contributed by atoms with Gasteiger partial charge < -0.3 is 15.8 Å². The van der Waals surface area contributed by atoms with Gasteiger partial charge in [-0.2, -0.15) is 0 Å². The Balaban J connectivity index is 2.23. The normalized spacial score (nSPS) is 10.2. The van der Waals surface area contributed by atoms with Crippen LogP contribution in [0.2, 0.25) is 5.02 Å². The molecular formula is C13H13ClN4O3. The maximum absolute atomic E-state index is 10.8. The van der Waals surface area contributed by atoms with Crippen molar-refractivity contribution in [3.63, 3.8) is 0 Å². The van der Waals surface area contributed by atoms with Crippen molar-refractivity contribution in [2.24, 2.45) is 0 Å². The molecule has 0 unspecified atom stereocenters. The van der Waals surface area contributed by atoms with E-state index in [0.717, 1.165) is 5.56 Å². The molecule has 0 radical (unpaired) electrons. The molecule has 8 heteroatoms. The third-order valence-corrected chi connectivity index (χ3v) is 3.14. The molecule has 0 aliphatic heterocycles. The summed E-state index contributed by atoms with van der Waals surface area (Å²) in [6.45, 7) is 0.302. The lowest BCUT2D eigenvalue weighted by atomic mass is 10.2. The summed E-state index contributed by atoms with van der Waals surface area (Å²) in [5.41, 5.74) is 6.15. The number of halogens is 1. The number of nitrogens with one attached hydrogen (secondary N) is 1. The molecule has 0 saturated heterocycles. The Morgan fingerprint density at radius 2 is 2.24 bits per heavy atom.